The van der Waals surface area contributed by atoms with Gasteiger partial charge in [0, 0.05) is 61.1 Å². The number of likely N-dealkylation sites (tertiary alicyclic amines) is 2. The zero-order valence-electron chi connectivity index (χ0n) is 29.6. The third kappa shape index (κ3) is 7.81. The van der Waals surface area contributed by atoms with Crippen LogP contribution in [-0.4, -0.2) is 69.9 Å². The molecule has 1 unspecified atom stereocenters. The average molecular weight is 694 g/mol. The lowest BCUT2D eigenvalue weighted by molar-refractivity contribution is -0.0975. The number of benzene rings is 2. The lowest BCUT2D eigenvalue weighted by atomic mass is 9.82. The van der Waals surface area contributed by atoms with Crippen molar-refractivity contribution in [3.8, 4) is 11.1 Å². The minimum Gasteiger partial charge on any atom is -0.392 e. The van der Waals surface area contributed by atoms with E-state index in [4.69, 9.17) is 4.98 Å². The zero-order chi connectivity index (χ0) is 35.7. The van der Waals surface area contributed by atoms with Crippen LogP contribution in [0.2, 0.25) is 0 Å². The average Bonchev–Trinajstić information content (AvgIpc) is 3.77. The Balaban J connectivity index is 1.12. The zero-order valence-corrected chi connectivity index (χ0v) is 29.6. The van der Waals surface area contributed by atoms with Crippen molar-refractivity contribution in [3.05, 3.63) is 112 Å². The lowest BCUT2D eigenvalue weighted by Gasteiger charge is -2.28. The number of alkyl halides is 3. The van der Waals surface area contributed by atoms with Crippen LogP contribution >= 0.6 is 0 Å². The number of hydrogen-bond donors (Lipinski definition) is 2. The number of nitrogens with one attached hydrogen (secondary N) is 1. The van der Waals surface area contributed by atoms with Crippen LogP contribution in [0.4, 0.5) is 24.7 Å². The van der Waals surface area contributed by atoms with Crippen molar-refractivity contribution in [2.45, 2.75) is 65.3 Å². The molecule has 0 radical (unpaired) electrons. The van der Waals surface area contributed by atoms with Crippen molar-refractivity contribution < 1.29 is 18.3 Å². The number of anilines is 2. The van der Waals surface area contributed by atoms with Crippen LogP contribution < -0.4 is 5.32 Å². The summed E-state index contributed by atoms with van der Waals surface area (Å²) >= 11 is 0. The Morgan fingerprint density at radius 1 is 0.922 bits per heavy atom. The van der Waals surface area contributed by atoms with E-state index >= 15 is 0 Å². The van der Waals surface area contributed by atoms with E-state index < -0.39 is 17.7 Å². The van der Waals surface area contributed by atoms with Crippen LogP contribution in [0.5, 0.6) is 0 Å². The molecule has 6 nitrogen and oxygen atoms in total. The van der Waals surface area contributed by atoms with Gasteiger partial charge in [0.2, 0.25) is 0 Å². The van der Waals surface area contributed by atoms with Gasteiger partial charge in [-0.2, -0.15) is 13.2 Å². The molecule has 1 aliphatic carbocycles. The van der Waals surface area contributed by atoms with E-state index in [1.165, 1.54) is 6.08 Å². The standard InChI is InChI=1S/C42H46F3N5O/c1-27-20-32(38(42(43,44)45)22-34(27)25-49-17-4-5-18-49)13-12-31-8-6-9-36(28(31)2)37-10-7-11-39(29(37)3)48-41-40-33(14-16-46-41)21-30(23-47-40)24-50-19-15-35(51)26-50/h6-14,16,21-23,32,35,51H,4-5,15,17-20,24-26H2,1-3H3,(H,46,48)/b13-12+/t32?,35-/m1/s1. The van der Waals surface area contributed by atoms with Gasteiger partial charge < -0.3 is 10.4 Å². The summed E-state index contributed by atoms with van der Waals surface area (Å²) in [5, 5.41) is 14.4. The van der Waals surface area contributed by atoms with E-state index in [2.05, 4.69) is 45.2 Å². The second kappa shape index (κ2) is 14.7. The Morgan fingerprint density at radius 2 is 1.69 bits per heavy atom. The summed E-state index contributed by atoms with van der Waals surface area (Å²) in [4.78, 5) is 13.9. The van der Waals surface area contributed by atoms with Gasteiger partial charge in [0.1, 0.15) is 5.52 Å². The Morgan fingerprint density at radius 3 is 2.43 bits per heavy atom. The molecule has 2 aliphatic heterocycles. The van der Waals surface area contributed by atoms with Crippen molar-refractivity contribution in [2.24, 2.45) is 5.92 Å². The highest BCUT2D eigenvalue weighted by atomic mass is 19.4. The lowest BCUT2D eigenvalue weighted by Crippen LogP contribution is -2.27. The van der Waals surface area contributed by atoms with Crippen LogP contribution in [0, 0.1) is 19.8 Å². The van der Waals surface area contributed by atoms with Crippen molar-refractivity contribution in [3.63, 3.8) is 0 Å². The first-order chi connectivity index (χ1) is 24.5. The molecular weight excluding hydrogens is 647 g/mol. The van der Waals surface area contributed by atoms with Gasteiger partial charge in [0.25, 0.3) is 0 Å². The topological polar surface area (TPSA) is 64.5 Å². The van der Waals surface area contributed by atoms with E-state index in [9.17, 15) is 18.3 Å². The minimum atomic E-state index is -4.39. The number of fused-ring (bicyclic) bond motifs is 1. The monoisotopic (exact) mass is 693 g/mol. The molecule has 0 saturated carbocycles. The Kier molecular flexibility index (Phi) is 10.1. The molecule has 266 valence electrons. The van der Waals surface area contributed by atoms with Gasteiger partial charge in [-0.05, 0) is 123 Å². The fourth-order valence-electron chi connectivity index (χ4n) is 7.85. The van der Waals surface area contributed by atoms with Crippen LogP contribution in [-0.2, 0) is 6.54 Å². The number of aliphatic hydroxyl groups excluding tert-OH is 1. The van der Waals surface area contributed by atoms with Crippen LogP contribution in [0.25, 0.3) is 28.1 Å². The first-order valence-corrected chi connectivity index (χ1v) is 18.0. The predicted octanol–water partition coefficient (Wildman–Crippen LogP) is 9.16. The number of nitrogens with zero attached hydrogens (tertiary/aromatic N) is 4. The molecule has 2 aromatic carbocycles. The predicted molar refractivity (Wildman–Crippen MR) is 200 cm³/mol. The molecule has 2 fully saturated rings. The van der Waals surface area contributed by atoms with Gasteiger partial charge in [-0.3, -0.25) is 14.8 Å². The largest absolute Gasteiger partial charge is 0.413 e. The second-order valence-corrected chi connectivity index (χ2v) is 14.4. The normalized spacial score (nSPS) is 20.6. The number of β-amino-alcohol motifs (C(OH)–C–C–N with tert-alkyl or cyclic N) is 1. The van der Waals surface area contributed by atoms with E-state index in [1.54, 1.807) is 12.3 Å². The molecule has 7 rings (SSSR count). The number of aromatic nitrogens is 2. The molecule has 2 aromatic heterocycles. The van der Waals surface area contributed by atoms with E-state index in [-0.39, 0.29) is 6.10 Å². The van der Waals surface area contributed by atoms with Crippen molar-refractivity contribution >= 4 is 28.5 Å². The third-order valence-electron chi connectivity index (χ3n) is 10.8. The highest BCUT2D eigenvalue weighted by Crippen LogP contribution is 2.41. The Hall–Kier alpha value is -4.31. The molecular formula is C42H46F3N5O. The van der Waals surface area contributed by atoms with Crippen LogP contribution in [0.3, 0.4) is 0 Å². The molecule has 51 heavy (non-hydrogen) atoms. The van der Waals surface area contributed by atoms with Crippen molar-refractivity contribution in [1.29, 1.82) is 0 Å². The summed E-state index contributed by atoms with van der Waals surface area (Å²) in [6.45, 7) is 10.9. The quantitative estimate of drug-likeness (QED) is 0.182. The first kappa shape index (κ1) is 35.1. The fraction of sp³-hybridized carbons (Fsp3) is 0.381. The Labute approximate surface area is 298 Å². The fourth-order valence-corrected chi connectivity index (χ4v) is 7.85. The molecule has 2 N–H and O–H groups in total. The van der Waals surface area contributed by atoms with Gasteiger partial charge >= 0.3 is 6.18 Å². The van der Waals surface area contributed by atoms with Crippen LogP contribution in [0.1, 0.15) is 54.9 Å². The summed E-state index contributed by atoms with van der Waals surface area (Å²) in [5.41, 5.74) is 9.17. The van der Waals surface area contributed by atoms with E-state index in [1.807, 2.05) is 56.5 Å². The summed E-state index contributed by atoms with van der Waals surface area (Å²) < 4.78 is 43.1. The Bertz CT molecular complexity index is 2010. The van der Waals surface area contributed by atoms with Crippen molar-refractivity contribution in [2.75, 3.05) is 38.0 Å². The first-order valence-electron chi connectivity index (χ1n) is 18.0. The molecule has 4 heterocycles. The van der Waals surface area contributed by atoms with E-state index in [0.717, 1.165) is 107 Å². The molecule has 3 aliphatic rings. The molecule has 2 atom stereocenters. The number of aliphatic hydroxyl groups is 1. The number of rotatable bonds is 9. The molecule has 2 saturated heterocycles. The highest BCUT2D eigenvalue weighted by molar-refractivity contribution is 5.91. The number of allylic oxidation sites excluding steroid dienone is 3. The minimum absolute atomic E-state index is 0.259. The van der Waals surface area contributed by atoms with Gasteiger partial charge in [-0.15, -0.1) is 0 Å². The molecule has 0 amide bonds. The van der Waals surface area contributed by atoms with Gasteiger partial charge in [0.15, 0.2) is 5.82 Å². The summed E-state index contributed by atoms with van der Waals surface area (Å²) in [7, 11) is 0. The smallest absolute Gasteiger partial charge is 0.392 e. The number of hydrogen-bond acceptors (Lipinski definition) is 6. The molecule has 0 spiro atoms. The van der Waals surface area contributed by atoms with Gasteiger partial charge in [0.05, 0.1) is 6.10 Å². The maximum absolute atomic E-state index is 14.4. The number of pyridine rings is 2. The third-order valence-corrected chi connectivity index (χ3v) is 10.8. The maximum Gasteiger partial charge on any atom is 0.413 e. The maximum atomic E-state index is 14.4. The van der Waals surface area contributed by atoms with E-state index in [0.29, 0.717) is 25.3 Å². The van der Waals surface area contributed by atoms with Crippen molar-refractivity contribution in [1.82, 2.24) is 19.8 Å². The molecule has 9 heteroatoms. The van der Waals surface area contributed by atoms with Crippen LogP contribution in [0.15, 0.2) is 89.8 Å². The number of halogens is 3. The highest BCUT2D eigenvalue weighted by Gasteiger charge is 2.40. The SMILES string of the molecule is CC1=C(CN2CCCC2)C=C(C(F)(F)F)C(/C=C/c2cccc(-c3cccc(Nc4nccc5cc(CN6CC[C@@H](O)C6)cnc45)c3C)c2C)C1. The summed E-state index contributed by atoms with van der Waals surface area (Å²) in [6, 6.07) is 16.2. The summed E-state index contributed by atoms with van der Waals surface area (Å²) in [6.07, 6.45) is 7.44. The second-order valence-electron chi connectivity index (χ2n) is 14.4. The molecule has 4 aromatic rings. The molecule has 0 bridgehead atoms. The van der Waals surface area contributed by atoms with Gasteiger partial charge in [-0.25, -0.2) is 4.98 Å². The van der Waals surface area contributed by atoms with Gasteiger partial charge in [-0.1, -0.05) is 48.1 Å². The summed E-state index contributed by atoms with van der Waals surface area (Å²) in [5.74, 6) is -0.0612.